The Bertz CT molecular complexity index is 479. The monoisotopic (exact) mass is 239 g/mol. The lowest BCUT2D eigenvalue weighted by Gasteiger charge is -2.09. The van der Waals surface area contributed by atoms with Gasteiger partial charge in [0.15, 0.2) is 4.77 Å². The van der Waals surface area contributed by atoms with Gasteiger partial charge in [0.05, 0.1) is 0 Å². The molecule has 2 aromatic heterocycles. The maximum atomic E-state index is 5.19. The number of hydrogen-bond donors (Lipinski definition) is 1. The summed E-state index contributed by atoms with van der Waals surface area (Å²) in [7, 11) is 0. The van der Waals surface area contributed by atoms with Gasteiger partial charge in [-0.3, -0.25) is 5.10 Å². The molecule has 2 heterocycles. The fourth-order valence-electron chi connectivity index (χ4n) is 1.56. The zero-order chi connectivity index (χ0) is 10.8. The lowest BCUT2D eigenvalue weighted by molar-refractivity contribution is 0.568. The van der Waals surface area contributed by atoms with E-state index in [1.807, 2.05) is 0 Å². The Balaban J connectivity index is 2.33. The van der Waals surface area contributed by atoms with E-state index < -0.39 is 0 Å². The van der Waals surface area contributed by atoms with E-state index in [1.165, 1.54) is 4.88 Å². The molecule has 0 spiro atoms. The second-order valence-corrected chi connectivity index (χ2v) is 5.08. The van der Waals surface area contributed by atoms with Crippen molar-refractivity contribution in [2.24, 2.45) is 0 Å². The molecule has 0 radical (unpaired) electrons. The molecular weight excluding hydrogens is 226 g/mol. The fraction of sp³-hybridized carbons (Fsp3) is 0.400. The Morgan fingerprint density at radius 2 is 2.40 bits per heavy atom. The van der Waals surface area contributed by atoms with Crippen LogP contribution in [0.3, 0.4) is 0 Å². The number of aromatic amines is 1. The number of hydrogen-bond acceptors (Lipinski definition) is 3. The Kier molecular flexibility index (Phi) is 3.02. The summed E-state index contributed by atoms with van der Waals surface area (Å²) in [6.45, 7) is 4.23. The molecule has 0 bridgehead atoms. The lowest BCUT2D eigenvalue weighted by atomic mass is 10.3. The highest BCUT2D eigenvalue weighted by molar-refractivity contribution is 7.71. The van der Waals surface area contributed by atoms with Crippen LogP contribution in [0, 0.1) is 4.77 Å². The van der Waals surface area contributed by atoms with E-state index in [-0.39, 0.29) is 0 Å². The molecule has 15 heavy (non-hydrogen) atoms. The fourth-order valence-corrected chi connectivity index (χ4v) is 2.63. The van der Waals surface area contributed by atoms with Crippen molar-refractivity contribution >= 4 is 23.6 Å². The van der Waals surface area contributed by atoms with Gasteiger partial charge in [-0.1, -0.05) is 6.07 Å². The summed E-state index contributed by atoms with van der Waals surface area (Å²) in [5.41, 5.74) is 0. The van der Waals surface area contributed by atoms with E-state index in [1.54, 1.807) is 11.3 Å². The quantitative estimate of drug-likeness (QED) is 0.835. The van der Waals surface area contributed by atoms with Crippen LogP contribution in [0.1, 0.15) is 30.6 Å². The van der Waals surface area contributed by atoms with Gasteiger partial charge in [-0.25, -0.2) is 0 Å². The lowest BCUT2D eigenvalue weighted by Crippen LogP contribution is -2.06. The average molecular weight is 239 g/mol. The molecule has 0 aromatic carbocycles. The molecular formula is C10H13N3S2. The maximum absolute atomic E-state index is 5.19. The molecule has 0 aliphatic rings. The minimum atomic E-state index is 0.353. The van der Waals surface area contributed by atoms with Crippen LogP contribution in [0.25, 0.3) is 0 Å². The first-order valence-electron chi connectivity index (χ1n) is 4.86. The molecule has 0 aliphatic heterocycles. The van der Waals surface area contributed by atoms with Crippen molar-refractivity contribution in [3.05, 3.63) is 33.0 Å². The van der Waals surface area contributed by atoms with Crippen molar-refractivity contribution in [2.45, 2.75) is 26.3 Å². The molecule has 80 valence electrons. The Hall–Kier alpha value is -0.940. The molecule has 0 saturated heterocycles. The van der Waals surface area contributed by atoms with E-state index in [0.29, 0.717) is 10.8 Å². The zero-order valence-electron chi connectivity index (χ0n) is 8.73. The predicted octanol–water partition coefficient (Wildman–Crippen LogP) is 3.17. The summed E-state index contributed by atoms with van der Waals surface area (Å²) in [6.07, 6.45) is 0.850. The number of thiophene rings is 1. The molecule has 2 rings (SSSR count). The van der Waals surface area contributed by atoms with Crippen LogP contribution in [0.2, 0.25) is 0 Å². The van der Waals surface area contributed by atoms with Gasteiger partial charge in [-0.05, 0) is 37.5 Å². The van der Waals surface area contributed by atoms with E-state index in [2.05, 4.69) is 46.1 Å². The SMILES string of the molecule is CC(C)n1c(Cc2cccs2)n[nH]c1=S. The van der Waals surface area contributed by atoms with Gasteiger partial charge in [0.2, 0.25) is 0 Å². The number of nitrogens with zero attached hydrogens (tertiary/aromatic N) is 2. The van der Waals surface area contributed by atoms with Crippen molar-refractivity contribution in [3.63, 3.8) is 0 Å². The highest BCUT2D eigenvalue weighted by Gasteiger charge is 2.09. The van der Waals surface area contributed by atoms with Crippen molar-refractivity contribution in [1.82, 2.24) is 14.8 Å². The third kappa shape index (κ3) is 2.18. The second kappa shape index (κ2) is 4.28. The van der Waals surface area contributed by atoms with Crippen LogP contribution in [-0.2, 0) is 6.42 Å². The van der Waals surface area contributed by atoms with Gasteiger partial charge in [0, 0.05) is 17.3 Å². The van der Waals surface area contributed by atoms with E-state index >= 15 is 0 Å². The van der Waals surface area contributed by atoms with E-state index in [4.69, 9.17) is 12.2 Å². The third-order valence-corrected chi connectivity index (χ3v) is 3.37. The first kappa shape index (κ1) is 10.6. The van der Waals surface area contributed by atoms with Crippen molar-refractivity contribution in [1.29, 1.82) is 0 Å². The van der Waals surface area contributed by atoms with Gasteiger partial charge in [0.1, 0.15) is 5.82 Å². The maximum Gasteiger partial charge on any atom is 0.195 e. The molecule has 1 N–H and O–H groups in total. The first-order valence-corrected chi connectivity index (χ1v) is 6.15. The minimum Gasteiger partial charge on any atom is -0.301 e. The Morgan fingerprint density at radius 3 is 3.00 bits per heavy atom. The Labute approximate surface area is 97.8 Å². The first-order chi connectivity index (χ1) is 7.18. The molecule has 5 heteroatoms. The molecule has 0 aliphatic carbocycles. The van der Waals surface area contributed by atoms with Crippen molar-refractivity contribution in [3.8, 4) is 0 Å². The van der Waals surface area contributed by atoms with Crippen molar-refractivity contribution in [2.75, 3.05) is 0 Å². The van der Waals surface area contributed by atoms with Crippen LogP contribution in [0.15, 0.2) is 17.5 Å². The largest absolute Gasteiger partial charge is 0.301 e. The van der Waals surface area contributed by atoms with Crippen LogP contribution < -0.4 is 0 Å². The van der Waals surface area contributed by atoms with Gasteiger partial charge in [-0.2, -0.15) is 5.10 Å². The predicted molar refractivity (Wildman–Crippen MR) is 64.9 cm³/mol. The van der Waals surface area contributed by atoms with E-state index in [0.717, 1.165) is 12.2 Å². The summed E-state index contributed by atoms with van der Waals surface area (Å²) in [4.78, 5) is 1.31. The van der Waals surface area contributed by atoms with Gasteiger partial charge in [0.25, 0.3) is 0 Å². The van der Waals surface area contributed by atoms with Gasteiger partial charge in [-0.15, -0.1) is 11.3 Å². The molecule has 0 atom stereocenters. The number of rotatable bonds is 3. The summed E-state index contributed by atoms with van der Waals surface area (Å²) < 4.78 is 2.77. The van der Waals surface area contributed by atoms with Gasteiger partial charge >= 0.3 is 0 Å². The normalized spacial score (nSPS) is 11.1. The molecule has 2 aromatic rings. The topological polar surface area (TPSA) is 33.6 Å². The smallest absolute Gasteiger partial charge is 0.195 e. The molecule has 0 amide bonds. The third-order valence-electron chi connectivity index (χ3n) is 2.21. The zero-order valence-corrected chi connectivity index (χ0v) is 10.4. The standard InChI is InChI=1S/C10H13N3S2/c1-7(2)13-9(11-12-10(13)14)6-8-4-3-5-15-8/h3-5,7H,6H2,1-2H3,(H,12,14). The second-order valence-electron chi connectivity index (χ2n) is 3.66. The van der Waals surface area contributed by atoms with E-state index in [9.17, 15) is 0 Å². The number of nitrogens with one attached hydrogen (secondary N) is 1. The molecule has 3 nitrogen and oxygen atoms in total. The van der Waals surface area contributed by atoms with Crippen LogP contribution >= 0.6 is 23.6 Å². The summed E-state index contributed by atoms with van der Waals surface area (Å²) in [5, 5.41) is 9.20. The molecule has 0 fully saturated rings. The van der Waals surface area contributed by atoms with Gasteiger partial charge < -0.3 is 4.57 Å². The van der Waals surface area contributed by atoms with Crippen LogP contribution in [-0.4, -0.2) is 14.8 Å². The average Bonchev–Trinajstić information content (AvgIpc) is 2.76. The highest BCUT2D eigenvalue weighted by atomic mass is 32.1. The molecule has 0 unspecified atom stereocenters. The number of H-pyrrole nitrogens is 1. The van der Waals surface area contributed by atoms with Crippen LogP contribution in [0.5, 0.6) is 0 Å². The summed E-state index contributed by atoms with van der Waals surface area (Å²) >= 11 is 6.94. The van der Waals surface area contributed by atoms with Crippen molar-refractivity contribution < 1.29 is 0 Å². The van der Waals surface area contributed by atoms with Crippen LogP contribution in [0.4, 0.5) is 0 Å². The highest BCUT2D eigenvalue weighted by Crippen LogP contribution is 2.16. The summed E-state index contributed by atoms with van der Waals surface area (Å²) in [5.74, 6) is 1.01. The number of aromatic nitrogens is 3. The molecule has 0 saturated carbocycles. The minimum absolute atomic E-state index is 0.353. The Morgan fingerprint density at radius 1 is 1.60 bits per heavy atom. The summed E-state index contributed by atoms with van der Waals surface area (Å²) in [6, 6.07) is 4.53.